The Kier molecular flexibility index (Phi) is 6.07. The number of hydrogen-bond donors (Lipinski definition) is 0. The largest absolute Gasteiger partial charge is 0.497 e. The molecule has 1 aromatic carbocycles. The van der Waals surface area contributed by atoms with Gasteiger partial charge >= 0.3 is 0 Å². The van der Waals surface area contributed by atoms with E-state index in [1.54, 1.807) is 7.11 Å². The second-order valence-corrected chi connectivity index (χ2v) is 6.40. The molecule has 0 aliphatic carbocycles. The zero-order chi connectivity index (χ0) is 16.8. The molecule has 1 amide bonds. The molecule has 0 N–H and O–H groups in total. The van der Waals surface area contributed by atoms with Crippen molar-refractivity contribution in [3.8, 4) is 5.75 Å². The lowest BCUT2D eigenvalue weighted by atomic mass is 10.2. The molecule has 0 aromatic heterocycles. The third kappa shape index (κ3) is 4.69. The molecule has 0 radical (unpaired) electrons. The summed E-state index contributed by atoms with van der Waals surface area (Å²) in [5.74, 6) is 1.14. The van der Waals surface area contributed by atoms with Crippen molar-refractivity contribution in [1.29, 1.82) is 0 Å². The minimum absolute atomic E-state index is 0.236. The van der Waals surface area contributed by atoms with Crippen LogP contribution in [0.1, 0.15) is 5.56 Å². The van der Waals surface area contributed by atoms with Crippen molar-refractivity contribution in [2.24, 2.45) is 0 Å². The second-order valence-electron chi connectivity index (χ2n) is 6.40. The van der Waals surface area contributed by atoms with Crippen LogP contribution in [0.5, 0.6) is 5.75 Å². The number of nitrogens with zero attached hydrogens (tertiary/aromatic N) is 3. The van der Waals surface area contributed by atoms with Crippen molar-refractivity contribution in [3.05, 3.63) is 29.8 Å². The van der Waals surface area contributed by atoms with Crippen LogP contribution >= 0.6 is 0 Å². The van der Waals surface area contributed by atoms with E-state index in [9.17, 15) is 4.79 Å². The first-order valence-corrected chi connectivity index (χ1v) is 8.68. The van der Waals surface area contributed by atoms with Gasteiger partial charge in [0, 0.05) is 45.8 Å². The normalized spacial score (nSPS) is 20.1. The summed E-state index contributed by atoms with van der Waals surface area (Å²) in [5, 5.41) is 0. The van der Waals surface area contributed by atoms with Gasteiger partial charge in [-0.1, -0.05) is 12.1 Å². The smallest absolute Gasteiger partial charge is 0.236 e. The van der Waals surface area contributed by atoms with Crippen molar-refractivity contribution in [1.82, 2.24) is 14.7 Å². The quantitative estimate of drug-likeness (QED) is 0.793. The molecule has 6 heteroatoms. The van der Waals surface area contributed by atoms with Gasteiger partial charge in [0.2, 0.25) is 5.91 Å². The van der Waals surface area contributed by atoms with Crippen molar-refractivity contribution in [2.75, 3.05) is 66.1 Å². The molecule has 2 aliphatic rings. The van der Waals surface area contributed by atoms with Crippen LogP contribution in [0.3, 0.4) is 0 Å². The minimum Gasteiger partial charge on any atom is -0.497 e. The second kappa shape index (κ2) is 8.46. The lowest BCUT2D eigenvalue weighted by molar-refractivity contribution is -0.136. The highest BCUT2D eigenvalue weighted by molar-refractivity contribution is 5.78. The predicted molar refractivity (Wildman–Crippen MR) is 92.1 cm³/mol. The number of methoxy groups -OCH3 is 1. The zero-order valence-electron chi connectivity index (χ0n) is 14.4. The highest BCUT2D eigenvalue weighted by Gasteiger charge is 2.22. The van der Waals surface area contributed by atoms with Crippen LogP contribution in [0.25, 0.3) is 0 Å². The maximum atomic E-state index is 12.3. The first kappa shape index (κ1) is 17.2. The summed E-state index contributed by atoms with van der Waals surface area (Å²) < 4.78 is 10.6. The van der Waals surface area contributed by atoms with Crippen LogP contribution in [-0.2, 0) is 16.1 Å². The van der Waals surface area contributed by atoms with E-state index in [0.29, 0.717) is 19.8 Å². The third-order valence-electron chi connectivity index (χ3n) is 4.73. The molecular weight excluding hydrogens is 306 g/mol. The van der Waals surface area contributed by atoms with E-state index in [4.69, 9.17) is 9.47 Å². The maximum Gasteiger partial charge on any atom is 0.236 e. The van der Waals surface area contributed by atoms with E-state index < -0.39 is 0 Å². The summed E-state index contributed by atoms with van der Waals surface area (Å²) in [6.07, 6.45) is 0. The number of amides is 1. The van der Waals surface area contributed by atoms with Gasteiger partial charge in [-0.05, 0) is 17.7 Å². The molecule has 132 valence electrons. The maximum absolute atomic E-state index is 12.3. The molecule has 6 nitrogen and oxygen atoms in total. The van der Waals surface area contributed by atoms with E-state index >= 15 is 0 Å². The molecule has 2 saturated heterocycles. The van der Waals surface area contributed by atoms with Crippen LogP contribution < -0.4 is 4.74 Å². The van der Waals surface area contributed by atoms with Gasteiger partial charge < -0.3 is 14.4 Å². The standard InChI is InChI=1S/C18H27N3O3/c1-23-17-4-2-3-16(13-17)14-19-5-7-20(8-6-19)15-18(22)21-9-11-24-12-10-21/h2-4,13H,5-12,14-15H2,1H3. The number of piperazine rings is 1. The Morgan fingerprint density at radius 3 is 2.50 bits per heavy atom. The van der Waals surface area contributed by atoms with Gasteiger partial charge in [0.25, 0.3) is 0 Å². The van der Waals surface area contributed by atoms with Crippen LogP contribution in [0.2, 0.25) is 0 Å². The zero-order valence-corrected chi connectivity index (χ0v) is 14.4. The Balaban J connectivity index is 1.42. The summed E-state index contributed by atoms with van der Waals surface area (Å²) in [5.41, 5.74) is 1.27. The first-order chi connectivity index (χ1) is 11.7. The van der Waals surface area contributed by atoms with E-state index in [0.717, 1.165) is 51.6 Å². The molecule has 0 atom stereocenters. The fourth-order valence-electron chi connectivity index (χ4n) is 3.24. The van der Waals surface area contributed by atoms with Gasteiger partial charge in [-0.15, -0.1) is 0 Å². The monoisotopic (exact) mass is 333 g/mol. The van der Waals surface area contributed by atoms with Crippen LogP contribution in [0.4, 0.5) is 0 Å². The molecule has 2 heterocycles. The number of ether oxygens (including phenoxy) is 2. The highest BCUT2D eigenvalue weighted by atomic mass is 16.5. The topological polar surface area (TPSA) is 45.2 Å². The van der Waals surface area contributed by atoms with Crippen molar-refractivity contribution < 1.29 is 14.3 Å². The number of benzene rings is 1. The van der Waals surface area contributed by atoms with Gasteiger partial charge in [0.05, 0.1) is 26.9 Å². The Bertz CT molecular complexity index is 538. The fraction of sp³-hybridized carbons (Fsp3) is 0.611. The van der Waals surface area contributed by atoms with Gasteiger partial charge in [-0.2, -0.15) is 0 Å². The van der Waals surface area contributed by atoms with E-state index in [-0.39, 0.29) is 5.91 Å². The predicted octanol–water partition coefficient (Wildman–Crippen LogP) is 0.672. The van der Waals surface area contributed by atoms with Crippen molar-refractivity contribution >= 4 is 5.91 Å². The molecule has 0 unspecified atom stereocenters. The molecule has 3 rings (SSSR count). The Hall–Kier alpha value is -1.63. The summed E-state index contributed by atoms with van der Waals surface area (Å²) in [6.45, 7) is 8.14. The fourth-order valence-corrected chi connectivity index (χ4v) is 3.24. The molecule has 24 heavy (non-hydrogen) atoms. The number of hydrogen-bond acceptors (Lipinski definition) is 5. The van der Waals surface area contributed by atoms with Crippen LogP contribution in [-0.4, -0.2) is 86.7 Å². The van der Waals surface area contributed by atoms with Gasteiger partial charge in [-0.3, -0.25) is 14.6 Å². The van der Waals surface area contributed by atoms with E-state index in [2.05, 4.69) is 21.9 Å². The number of rotatable bonds is 5. The number of carbonyl (C=O) groups excluding carboxylic acids is 1. The molecule has 0 spiro atoms. The Morgan fingerprint density at radius 1 is 1.08 bits per heavy atom. The molecule has 2 aliphatic heterocycles. The number of carbonyl (C=O) groups is 1. The van der Waals surface area contributed by atoms with E-state index in [1.165, 1.54) is 5.56 Å². The average molecular weight is 333 g/mol. The minimum atomic E-state index is 0.236. The molecule has 0 bridgehead atoms. The highest BCUT2D eigenvalue weighted by Crippen LogP contribution is 2.15. The van der Waals surface area contributed by atoms with Gasteiger partial charge in [0.15, 0.2) is 0 Å². The molecule has 0 saturated carbocycles. The van der Waals surface area contributed by atoms with E-state index in [1.807, 2.05) is 17.0 Å². The summed E-state index contributed by atoms with van der Waals surface area (Å²) >= 11 is 0. The third-order valence-corrected chi connectivity index (χ3v) is 4.73. The number of morpholine rings is 1. The van der Waals surface area contributed by atoms with Crippen molar-refractivity contribution in [2.45, 2.75) is 6.54 Å². The summed E-state index contributed by atoms with van der Waals surface area (Å²) in [6, 6.07) is 8.23. The summed E-state index contributed by atoms with van der Waals surface area (Å²) in [7, 11) is 1.70. The van der Waals surface area contributed by atoms with Crippen LogP contribution in [0, 0.1) is 0 Å². The Morgan fingerprint density at radius 2 is 1.79 bits per heavy atom. The first-order valence-electron chi connectivity index (χ1n) is 8.68. The SMILES string of the molecule is COc1cccc(CN2CCN(CC(=O)N3CCOCC3)CC2)c1. The van der Waals surface area contributed by atoms with Crippen molar-refractivity contribution in [3.63, 3.8) is 0 Å². The molecule has 1 aromatic rings. The average Bonchev–Trinajstić information content (AvgIpc) is 2.64. The van der Waals surface area contributed by atoms with Gasteiger partial charge in [-0.25, -0.2) is 0 Å². The summed E-state index contributed by atoms with van der Waals surface area (Å²) in [4.78, 5) is 18.9. The Labute approximate surface area is 143 Å². The lowest BCUT2D eigenvalue weighted by Crippen LogP contribution is -2.51. The lowest BCUT2D eigenvalue weighted by Gasteiger charge is -2.36. The van der Waals surface area contributed by atoms with Crippen LogP contribution in [0.15, 0.2) is 24.3 Å². The van der Waals surface area contributed by atoms with Gasteiger partial charge in [0.1, 0.15) is 5.75 Å². The molecular formula is C18H27N3O3. The molecule has 2 fully saturated rings.